The van der Waals surface area contributed by atoms with Crippen molar-refractivity contribution in [2.75, 3.05) is 7.05 Å². The van der Waals surface area contributed by atoms with E-state index in [0.29, 0.717) is 17.8 Å². The first kappa shape index (κ1) is 18.8. The van der Waals surface area contributed by atoms with Crippen LogP contribution in [0, 0.1) is 0 Å². The molecule has 0 atom stereocenters. The number of alkyl halides is 3. The molecule has 2 heterocycles. The molecule has 0 aromatic carbocycles. The molecular formula is C16H20ClF3N6. The molecule has 10 heteroatoms. The standard InChI is InChI=1S/C16H20ClF3N6/c1-21-15(23-11-5-3-2-4-6-11)22-8-13-24-25-14-12(17)7-10(9-26(13)14)16(18,19)20/h7,9,11H,2-6,8H2,1H3,(H2,21,22,23). The quantitative estimate of drug-likeness (QED) is 0.624. The first-order chi connectivity index (χ1) is 12.4. The van der Waals surface area contributed by atoms with Crippen molar-refractivity contribution < 1.29 is 13.2 Å². The lowest BCUT2D eigenvalue weighted by Gasteiger charge is -2.24. The van der Waals surface area contributed by atoms with Crippen LogP contribution in [0.25, 0.3) is 5.65 Å². The predicted octanol–water partition coefficient (Wildman–Crippen LogP) is 3.40. The van der Waals surface area contributed by atoms with E-state index in [1.807, 2.05) is 0 Å². The van der Waals surface area contributed by atoms with Crippen molar-refractivity contribution in [3.05, 3.63) is 28.7 Å². The summed E-state index contributed by atoms with van der Waals surface area (Å²) in [5.41, 5.74) is -0.660. The molecule has 0 aliphatic heterocycles. The molecule has 2 aromatic rings. The van der Waals surface area contributed by atoms with Gasteiger partial charge >= 0.3 is 6.18 Å². The molecule has 3 rings (SSSR count). The lowest BCUT2D eigenvalue weighted by Crippen LogP contribution is -2.44. The Bertz CT molecular complexity index is 795. The Morgan fingerprint density at radius 2 is 2.04 bits per heavy atom. The van der Waals surface area contributed by atoms with Crippen LogP contribution < -0.4 is 10.6 Å². The topological polar surface area (TPSA) is 66.6 Å². The van der Waals surface area contributed by atoms with Gasteiger partial charge in [0.25, 0.3) is 0 Å². The van der Waals surface area contributed by atoms with E-state index in [2.05, 4.69) is 25.8 Å². The number of hydrogen-bond donors (Lipinski definition) is 2. The van der Waals surface area contributed by atoms with Crippen molar-refractivity contribution >= 4 is 23.2 Å². The number of nitrogens with zero attached hydrogens (tertiary/aromatic N) is 4. The zero-order valence-electron chi connectivity index (χ0n) is 14.3. The van der Waals surface area contributed by atoms with Gasteiger partial charge in [-0.05, 0) is 18.9 Å². The minimum absolute atomic E-state index is 0.0942. The summed E-state index contributed by atoms with van der Waals surface area (Å²) in [6, 6.07) is 1.21. The Labute approximate surface area is 153 Å². The van der Waals surface area contributed by atoms with Gasteiger partial charge in [-0.15, -0.1) is 10.2 Å². The van der Waals surface area contributed by atoms with Crippen molar-refractivity contribution in [3.63, 3.8) is 0 Å². The van der Waals surface area contributed by atoms with Crippen molar-refractivity contribution in [2.45, 2.75) is 50.9 Å². The zero-order chi connectivity index (χ0) is 18.7. The smallest absolute Gasteiger partial charge is 0.354 e. The number of aliphatic imine (C=N–C) groups is 1. The van der Waals surface area contributed by atoms with Gasteiger partial charge < -0.3 is 10.6 Å². The van der Waals surface area contributed by atoms with Crippen molar-refractivity contribution in [2.24, 2.45) is 4.99 Å². The van der Waals surface area contributed by atoms with E-state index in [9.17, 15) is 13.2 Å². The molecule has 1 aliphatic carbocycles. The second-order valence-corrected chi connectivity index (χ2v) is 6.70. The molecule has 1 aliphatic rings. The maximum atomic E-state index is 13.0. The van der Waals surface area contributed by atoms with Crippen LogP contribution >= 0.6 is 11.6 Å². The molecular weight excluding hydrogens is 369 g/mol. The van der Waals surface area contributed by atoms with Gasteiger partial charge in [-0.25, -0.2) is 0 Å². The van der Waals surface area contributed by atoms with Crippen LogP contribution in [0.5, 0.6) is 0 Å². The van der Waals surface area contributed by atoms with Gasteiger partial charge in [-0.3, -0.25) is 9.39 Å². The number of aromatic nitrogens is 3. The average molecular weight is 389 g/mol. The fourth-order valence-electron chi connectivity index (χ4n) is 3.07. The Hall–Kier alpha value is -2.03. The Morgan fingerprint density at radius 1 is 1.31 bits per heavy atom. The van der Waals surface area contributed by atoms with E-state index in [1.165, 1.54) is 23.7 Å². The maximum Gasteiger partial charge on any atom is 0.417 e. The zero-order valence-corrected chi connectivity index (χ0v) is 15.0. The number of hydrogen-bond acceptors (Lipinski definition) is 3. The van der Waals surface area contributed by atoms with E-state index >= 15 is 0 Å². The van der Waals surface area contributed by atoms with Gasteiger partial charge in [0.2, 0.25) is 0 Å². The third-order valence-corrected chi connectivity index (χ3v) is 4.72. The summed E-state index contributed by atoms with van der Waals surface area (Å²) in [5.74, 6) is 0.909. The summed E-state index contributed by atoms with van der Waals surface area (Å²) < 4.78 is 40.3. The van der Waals surface area contributed by atoms with Crippen LogP contribution in [0.4, 0.5) is 13.2 Å². The molecule has 0 amide bonds. The molecule has 0 radical (unpaired) electrons. The van der Waals surface area contributed by atoms with E-state index in [-0.39, 0.29) is 17.2 Å². The Balaban J connectivity index is 1.74. The molecule has 6 nitrogen and oxygen atoms in total. The van der Waals surface area contributed by atoms with Crippen LogP contribution in [-0.2, 0) is 12.7 Å². The van der Waals surface area contributed by atoms with Gasteiger partial charge in [0.15, 0.2) is 17.4 Å². The molecule has 0 spiro atoms. The Morgan fingerprint density at radius 3 is 2.69 bits per heavy atom. The summed E-state index contributed by atoms with van der Waals surface area (Å²) in [6.45, 7) is 0.172. The lowest BCUT2D eigenvalue weighted by atomic mass is 9.96. The number of pyridine rings is 1. The summed E-state index contributed by atoms with van der Waals surface area (Å²) >= 11 is 5.92. The SMILES string of the molecule is CN=C(NCc1nnc2c(Cl)cc(C(F)(F)F)cn12)NC1CCCCC1. The minimum Gasteiger partial charge on any atom is -0.354 e. The summed E-state index contributed by atoms with van der Waals surface area (Å²) in [5, 5.41) is 14.1. The highest BCUT2D eigenvalue weighted by Crippen LogP contribution is 2.32. The maximum absolute atomic E-state index is 13.0. The number of guanidine groups is 1. The fourth-order valence-corrected chi connectivity index (χ4v) is 3.32. The molecule has 0 bridgehead atoms. The summed E-state index contributed by atoms with van der Waals surface area (Å²) in [7, 11) is 1.65. The predicted molar refractivity (Wildman–Crippen MR) is 93.2 cm³/mol. The highest BCUT2D eigenvalue weighted by Gasteiger charge is 2.32. The fraction of sp³-hybridized carbons (Fsp3) is 0.562. The van der Waals surface area contributed by atoms with Crippen LogP contribution in [-0.4, -0.2) is 33.6 Å². The molecule has 1 saturated carbocycles. The van der Waals surface area contributed by atoms with E-state index in [1.54, 1.807) is 7.05 Å². The second-order valence-electron chi connectivity index (χ2n) is 6.29. The summed E-state index contributed by atoms with van der Waals surface area (Å²) in [4.78, 5) is 4.17. The van der Waals surface area contributed by atoms with Crippen molar-refractivity contribution in [1.82, 2.24) is 25.2 Å². The van der Waals surface area contributed by atoms with Crippen LogP contribution in [0.3, 0.4) is 0 Å². The van der Waals surface area contributed by atoms with Gasteiger partial charge in [-0.2, -0.15) is 13.2 Å². The highest BCUT2D eigenvalue weighted by atomic mass is 35.5. The second kappa shape index (κ2) is 7.69. The normalized spacial score (nSPS) is 16.9. The molecule has 0 unspecified atom stereocenters. The summed E-state index contributed by atoms with van der Waals surface area (Å²) in [6.07, 6.45) is 2.24. The Kier molecular flexibility index (Phi) is 5.55. The van der Waals surface area contributed by atoms with E-state index in [0.717, 1.165) is 25.1 Å². The number of halogens is 4. The van der Waals surface area contributed by atoms with Crippen molar-refractivity contribution in [1.29, 1.82) is 0 Å². The number of rotatable bonds is 3. The molecule has 142 valence electrons. The first-order valence-electron chi connectivity index (χ1n) is 8.46. The minimum atomic E-state index is -4.49. The van der Waals surface area contributed by atoms with E-state index in [4.69, 9.17) is 11.6 Å². The third-order valence-electron chi connectivity index (χ3n) is 4.44. The van der Waals surface area contributed by atoms with E-state index < -0.39 is 11.7 Å². The number of nitrogens with one attached hydrogen (secondary N) is 2. The molecule has 1 fully saturated rings. The molecule has 26 heavy (non-hydrogen) atoms. The van der Waals surface area contributed by atoms with Crippen molar-refractivity contribution in [3.8, 4) is 0 Å². The molecule has 0 saturated heterocycles. The highest BCUT2D eigenvalue weighted by molar-refractivity contribution is 6.33. The largest absolute Gasteiger partial charge is 0.417 e. The molecule has 2 aromatic heterocycles. The lowest BCUT2D eigenvalue weighted by molar-refractivity contribution is -0.137. The average Bonchev–Trinajstić information content (AvgIpc) is 3.02. The van der Waals surface area contributed by atoms with Gasteiger partial charge in [0.05, 0.1) is 17.1 Å². The van der Waals surface area contributed by atoms with Crippen LogP contribution in [0.15, 0.2) is 17.3 Å². The third kappa shape index (κ3) is 4.20. The van der Waals surface area contributed by atoms with Gasteiger partial charge in [0, 0.05) is 19.3 Å². The number of fused-ring (bicyclic) bond motifs is 1. The first-order valence-corrected chi connectivity index (χ1v) is 8.84. The van der Waals surface area contributed by atoms with Gasteiger partial charge in [0.1, 0.15) is 0 Å². The monoisotopic (exact) mass is 388 g/mol. The van der Waals surface area contributed by atoms with Gasteiger partial charge in [-0.1, -0.05) is 30.9 Å². The van der Waals surface area contributed by atoms with Crippen LogP contribution in [0.1, 0.15) is 43.5 Å². The molecule has 2 N–H and O–H groups in total. The van der Waals surface area contributed by atoms with Crippen LogP contribution in [0.2, 0.25) is 5.02 Å².